The molecule has 4 N–H and O–H groups in total. The van der Waals surface area contributed by atoms with Gasteiger partial charge in [-0.05, 0) is 80.1 Å². The van der Waals surface area contributed by atoms with Gasteiger partial charge in [0.25, 0.3) is 6.47 Å². The molecule has 0 saturated carbocycles. The topological polar surface area (TPSA) is 78.6 Å². The number of anilines is 2. The minimum absolute atomic E-state index is 0.250. The maximum Gasteiger partial charge on any atom is 0.290 e. The molecule has 5 nitrogen and oxygen atoms in total. The number of carbonyl (C=O) groups is 1. The van der Waals surface area contributed by atoms with Crippen LogP contribution in [0.5, 0.6) is 0 Å². The number of aryl methyl sites for hydroxylation is 4. The first-order valence-electron chi connectivity index (χ1n) is 9.13. The van der Waals surface area contributed by atoms with Gasteiger partial charge in [0.05, 0.1) is 0 Å². The number of carboxylic acid groups (broad SMARTS) is 1. The Labute approximate surface area is 174 Å². The van der Waals surface area contributed by atoms with E-state index in [0.717, 1.165) is 19.6 Å². The van der Waals surface area contributed by atoms with Gasteiger partial charge in [-0.15, -0.1) is 0 Å². The second-order valence-electron chi connectivity index (χ2n) is 6.38. The van der Waals surface area contributed by atoms with Crippen LogP contribution in [0.15, 0.2) is 36.4 Å². The minimum atomic E-state index is -0.250. The van der Waals surface area contributed by atoms with Gasteiger partial charge in [0, 0.05) is 37.6 Å². The minimum Gasteiger partial charge on any atom is -0.483 e. The number of hydrogen-bond acceptors (Lipinski definition) is 5. The molecule has 0 spiro atoms. The monoisotopic (exact) mass is 403 g/mol. The highest BCUT2D eigenvalue weighted by molar-refractivity contribution is 7.77. The van der Waals surface area contributed by atoms with Crippen LogP contribution in [0.1, 0.15) is 22.3 Å². The fourth-order valence-electron chi connectivity index (χ4n) is 2.63. The first-order chi connectivity index (χ1) is 13.4. The van der Waals surface area contributed by atoms with Crippen LogP contribution in [-0.4, -0.2) is 43.6 Å². The van der Waals surface area contributed by atoms with Crippen LogP contribution < -0.4 is 16.0 Å². The molecule has 0 aliphatic carbocycles. The highest BCUT2D eigenvalue weighted by Gasteiger charge is 2.07. The van der Waals surface area contributed by atoms with E-state index in [2.05, 4.69) is 92.4 Å². The van der Waals surface area contributed by atoms with Gasteiger partial charge < -0.3 is 21.1 Å². The Balaban J connectivity index is 0.00000133. The largest absolute Gasteiger partial charge is 0.483 e. The fourth-order valence-corrected chi connectivity index (χ4v) is 2.63. The first-order valence-corrected chi connectivity index (χ1v) is 9.70. The van der Waals surface area contributed by atoms with Gasteiger partial charge in [-0.2, -0.15) is 0 Å². The van der Waals surface area contributed by atoms with Gasteiger partial charge in [-0.25, -0.2) is 0 Å². The van der Waals surface area contributed by atoms with Crippen molar-refractivity contribution in [2.45, 2.75) is 27.7 Å². The van der Waals surface area contributed by atoms with Crippen molar-refractivity contribution in [3.63, 3.8) is 0 Å². The summed E-state index contributed by atoms with van der Waals surface area (Å²) in [6.45, 7) is 11.7. The van der Waals surface area contributed by atoms with E-state index in [1.54, 1.807) is 0 Å². The van der Waals surface area contributed by atoms with E-state index in [0.29, 0.717) is 6.54 Å². The standard InChI is InChI=1S/C20H29N3.CH2O2.CH2S/c1-15-5-7-19(13-17(15)3)22-10-12-23(11-9-21)20-8-6-16(2)18(4)14-20;2-1-3;1-2/h5-8,13-14,22H,9-12,21H2,1-4H3;1H,(H,2,3);1H2. The van der Waals surface area contributed by atoms with Crippen molar-refractivity contribution in [1.82, 2.24) is 0 Å². The summed E-state index contributed by atoms with van der Waals surface area (Å²) in [4.78, 5) is 10.7. The van der Waals surface area contributed by atoms with Crippen molar-refractivity contribution in [1.29, 1.82) is 0 Å². The van der Waals surface area contributed by atoms with Crippen molar-refractivity contribution < 1.29 is 9.90 Å². The van der Waals surface area contributed by atoms with E-state index < -0.39 is 0 Å². The summed E-state index contributed by atoms with van der Waals surface area (Å²) in [7, 11) is 0. The van der Waals surface area contributed by atoms with Crippen LogP contribution >= 0.6 is 12.2 Å². The van der Waals surface area contributed by atoms with Crippen LogP contribution in [0.25, 0.3) is 0 Å². The van der Waals surface area contributed by atoms with Crippen LogP contribution in [0.4, 0.5) is 11.4 Å². The lowest BCUT2D eigenvalue weighted by Crippen LogP contribution is -2.33. The molecule has 0 unspecified atom stereocenters. The maximum absolute atomic E-state index is 8.36. The van der Waals surface area contributed by atoms with Crippen LogP contribution in [0.2, 0.25) is 0 Å². The van der Waals surface area contributed by atoms with Crippen molar-refractivity contribution in [3.8, 4) is 0 Å². The fraction of sp³-hybridized carbons (Fsp3) is 0.364. The number of nitrogens with one attached hydrogen (secondary N) is 1. The average Bonchev–Trinajstić information content (AvgIpc) is 2.68. The molecular formula is C22H33N3O2S. The van der Waals surface area contributed by atoms with Crippen LogP contribution in [0.3, 0.4) is 0 Å². The summed E-state index contributed by atoms with van der Waals surface area (Å²) in [5.41, 5.74) is 13.5. The Morgan fingerprint density at radius 3 is 2.04 bits per heavy atom. The molecule has 0 aliphatic rings. The molecule has 0 amide bonds. The van der Waals surface area contributed by atoms with E-state index in [1.165, 1.54) is 33.6 Å². The third-order valence-corrected chi connectivity index (χ3v) is 4.47. The summed E-state index contributed by atoms with van der Waals surface area (Å²) in [5, 5.41) is 10.4. The van der Waals surface area contributed by atoms with Gasteiger partial charge in [0.15, 0.2) is 0 Å². The summed E-state index contributed by atoms with van der Waals surface area (Å²) in [5.74, 6) is 2.83. The summed E-state index contributed by atoms with van der Waals surface area (Å²) >= 11 is 3.83. The summed E-state index contributed by atoms with van der Waals surface area (Å²) in [6, 6.07) is 13.1. The number of nitrogens with zero attached hydrogens (tertiary/aromatic N) is 1. The molecule has 28 heavy (non-hydrogen) atoms. The number of hydrogen-bond donors (Lipinski definition) is 3. The van der Waals surface area contributed by atoms with Gasteiger partial charge in [-0.1, -0.05) is 24.4 Å². The maximum atomic E-state index is 8.36. The lowest BCUT2D eigenvalue weighted by Gasteiger charge is -2.25. The molecule has 0 radical (unpaired) electrons. The Hall–Kier alpha value is -2.44. The van der Waals surface area contributed by atoms with E-state index in [1.807, 2.05) is 0 Å². The molecule has 154 valence electrons. The number of rotatable bonds is 7. The third-order valence-electron chi connectivity index (χ3n) is 4.47. The van der Waals surface area contributed by atoms with Gasteiger partial charge in [-0.3, -0.25) is 4.79 Å². The van der Waals surface area contributed by atoms with E-state index in [-0.39, 0.29) is 6.47 Å². The van der Waals surface area contributed by atoms with Crippen molar-refractivity contribution in [2.24, 2.45) is 5.73 Å². The summed E-state index contributed by atoms with van der Waals surface area (Å²) < 4.78 is 0. The number of nitrogens with two attached hydrogens (primary N) is 1. The predicted octanol–water partition coefficient (Wildman–Crippen LogP) is 4.11. The molecule has 2 aromatic rings. The van der Waals surface area contributed by atoms with Crippen molar-refractivity contribution in [3.05, 3.63) is 58.7 Å². The van der Waals surface area contributed by atoms with Gasteiger partial charge >= 0.3 is 0 Å². The highest BCUT2D eigenvalue weighted by Crippen LogP contribution is 2.19. The average molecular weight is 404 g/mol. The van der Waals surface area contributed by atoms with Crippen LogP contribution in [0, 0.1) is 27.7 Å². The Bertz CT molecular complexity index is 723. The van der Waals surface area contributed by atoms with Gasteiger partial charge in [0.2, 0.25) is 0 Å². The molecule has 6 heteroatoms. The zero-order chi connectivity index (χ0) is 21.5. The highest BCUT2D eigenvalue weighted by atomic mass is 32.1. The molecule has 0 saturated heterocycles. The smallest absolute Gasteiger partial charge is 0.290 e. The Morgan fingerprint density at radius 1 is 1.00 bits per heavy atom. The normalized spacial score (nSPS) is 9.32. The first kappa shape index (κ1) is 25.6. The van der Waals surface area contributed by atoms with E-state index in [9.17, 15) is 0 Å². The molecule has 2 aromatic carbocycles. The molecule has 0 atom stereocenters. The quantitative estimate of drug-likeness (QED) is 0.477. The molecule has 0 aliphatic heterocycles. The predicted molar refractivity (Wildman–Crippen MR) is 125 cm³/mol. The lowest BCUT2D eigenvalue weighted by molar-refractivity contribution is -0.122. The molecule has 0 bridgehead atoms. The van der Waals surface area contributed by atoms with E-state index in [4.69, 9.17) is 15.6 Å². The molecule has 0 heterocycles. The Kier molecular flexibility index (Phi) is 13.3. The molecule has 0 fully saturated rings. The third kappa shape index (κ3) is 8.97. The Morgan fingerprint density at radius 2 is 1.54 bits per heavy atom. The second kappa shape index (κ2) is 14.6. The zero-order valence-electron chi connectivity index (χ0n) is 17.4. The zero-order valence-corrected chi connectivity index (χ0v) is 18.2. The van der Waals surface area contributed by atoms with Crippen LogP contribution in [-0.2, 0) is 4.79 Å². The number of benzene rings is 2. The van der Waals surface area contributed by atoms with Crippen molar-refractivity contribution in [2.75, 3.05) is 36.4 Å². The van der Waals surface area contributed by atoms with E-state index >= 15 is 0 Å². The SMILES string of the molecule is C=S.Cc1ccc(NCCN(CCN)c2ccc(C)c(C)c2)cc1C.O=CO. The molecule has 2 rings (SSSR count). The lowest BCUT2D eigenvalue weighted by atomic mass is 10.1. The van der Waals surface area contributed by atoms with Gasteiger partial charge in [0.1, 0.15) is 0 Å². The summed E-state index contributed by atoms with van der Waals surface area (Å²) in [6.07, 6.45) is 0. The molecule has 0 aromatic heterocycles. The molecular weight excluding hydrogens is 370 g/mol. The van der Waals surface area contributed by atoms with Crippen molar-refractivity contribution >= 4 is 35.9 Å². The second-order valence-corrected chi connectivity index (χ2v) is 6.38. The number of thiocarbonyl (C=S) groups is 1.